The van der Waals surface area contributed by atoms with E-state index in [1.54, 1.807) is 13.4 Å². The Hall–Kier alpha value is -0.133. The van der Waals surface area contributed by atoms with Gasteiger partial charge in [0, 0.05) is 0 Å². The average Bonchev–Trinajstić information content (AvgIpc) is 1.96. The van der Waals surface area contributed by atoms with Gasteiger partial charge in [0.15, 0.2) is 0 Å². The Labute approximate surface area is 85.0 Å². The molecule has 0 atom stereocenters. The van der Waals surface area contributed by atoms with E-state index >= 15 is 0 Å². The van der Waals surface area contributed by atoms with Crippen molar-refractivity contribution in [1.29, 1.82) is 0 Å². The van der Waals surface area contributed by atoms with Gasteiger partial charge in [0.2, 0.25) is 0 Å². The maximum Gasteiger partial charge on any atom is -0.0398 e. The molecule has 0 spiro atoms. The van der Waals surface area contributed by atoms with Crippen molar-refractivity contribution in [2.45, 2.75) is 33.9 Å². The summed E-state index contributed by atoms with van der Waals surface area (Å²) in [6.07, 6.45) is 0. The fourth-order valence-corrected chi connectivity index (χ4v) is 4.90. The van der Waals surface area contributed by atoms with Crippen molar-refractivity contribution in [2.24, 2.45) is 0 Å². The summed E-state index contributed by atoms with van der Waals surface area (Å²) < 4.78 is 0. The molecule has 1 radical (unpaired) electrons. The Balaban J connectivity index is 3.06. The highest BCUT2D eigenvalue weighted by molar-refractivity contribution is 7.81. The van der Waals surface area contributed by atoms with E-state index < -0.39 is 0 Å². The van der Waals surface area contributed by atoms with Crippen molar-refractivity contribution in [3.8, 4) is 0 Å². The van der Waals surface area contributed by atoms with Gasteiger partial charge in [-0.3, -0.25) is 0 Å². The quantitative estimate of drug-likeness (QED) is 0.516. The van der Waals surface area contributed by atoms with E-state index in [9.17, 15) is 0 Å². The van der Waals surface area contributed by atoms with Gasteiger partial charge in [-0.1, -0.05) is 41.9 Å². The van der Waals surface area contributed by atoms with Crippen LogP contribution in [0.4, 0.5) is 0 Å². The van der Waals surface area contributed by atoms with Crippen molar-refractivity contribution < 1.29 is 0 Å². The van der Waals surface area contributed by atoms with Crippen molar-refractivity contribution >= 4 is 21.9 Å². The largest absolute Gasteiger partial charge is 0.510 e. The van der Waals surface area contributed by atoms with Gasteiger partial charge in [0.25, 0.3) is 0 Å². The van der Waals surface area contributed by atoms with E-state index in [0.717, 1.165) is 0 Å². The summed E-state index contributed by atoms with van der Waals surface area (Å²) in [5.41, 5.74) is 4.31. The lowest BCUT2D eigenvalue weighted by molar-refractivity contribution is 1.36. The van der Waals surface area contributed by atoms with Gasteiger partial charge in [-0.15, -0.1) is 8.46 Å². The van der Waals surface area contributed by atoms with Crippen LogP contribution in [0.25, 0.3) is 0 Å². The SMILES string of the molecule is Cc1cc(C)c([P-][Si](C)C)c(C)c1. The maximum atomic E-state index is 2.37. The second-order valence-electron chi connectivity index (χ2n) is 3.81. The number of rotatable bonds is 2. The second kappa shape index (κ2) is 4.39. The third-order valence-electron chi connectivity index (χ3n) is 1.97. The number of benzene rings is 1. The Bertz CT molecular complexity index is 282. The molecule has 0 aliphatic heterocycles. The van der Waals surface area contributed by atoms with Gasteiger partial charge < -0.3 is 8.13 Å². The summed E-state index contributed by atoms with van der Waals surface area (Å²) in [7, 11) is 1.39. The van der Waals surface area contributed by atoms with Crippen LogP contribution in [-0.4, -0.2) is 8.46 Å². The van der Waals surface area contributed by atoms with Crippen LogP contribution in [0, 0.1) is 20.8 Å². The Morgan fingerprint density at radius 2 is 1.46 bits per heavy atom. The number of hydrogen-bond donors (Lipinski definition) is 0. The molecular weight excluding hydrogens is 191 g/mol. The van der Waals surface area contributed by atoms with Crippen LogP contribution < -0.4 is 5.30 Å². The molecule has 1 aromatic carbocycles. The maximum absolute atomic E-state index is 2.37. The van der Waals surface area contributed by atoms with Crippen LogP contribution >= 0.6 is 8.13 Å². The molecule has 0 saturated carbocycles. The van der Waals surface area contributed by atoms with E-state index in [1.807, 2.05) is 0 Å². The first-order chi connectivity index (χ1) is 6.00. The van der Waals surface area contributed by atoms with Crippen molar-refractivity contribution in [3.05, 3.63) is 28.8 Å². The van der Waals surface area contributed by atoms with Gasteiger partial charge in [0.05, 0.1) is 0 Å². The molecular formula is C11H17PSi-. The molecule has 1 rings (SSSR count). The molecule has 71 valence electrons. The minimum Gasteiger partial charge on any atom is -0.510 e. The van der Waals surface area contributed by atoms with Crippen LogP contribution in [0.5, 0.6) is 0 Å². The molecule has 0 heterocycles. The normalized spacial score (nSPS) is 11.8. The van der Waals surface area contributed by atoms with Gasteiger partial charge in [-0.25, -0.2) is 5.30 Å². The monoisotopic (exact) mass is 208 g/mol. The fraction of sp³-hybridized carbons (Fsp3) is 0.455. The van der Waals surface area contributed by atoms with Crippen molar-refractivity contribution in [1.82, 2.24) is 0 Å². The van der Waals surface area contributed by atoms with Gasteiger partial charge in [0.1, 0.15) is 0 Å². The summed E-state index contributed by atoms with van der Waals surface area (Å²) >= 11 is 0. The minimum atomic E-state index is -0.172. The molecule has 0 amide bonds. The van der Waals surface area contributed by atoms with Crippen LogP contribution in [0.1, 0.15) is 16.7 Å². The van der Waals surface area contributed by atoms with E-state index in [4.69, 9.17) is 0 Å². The minimum absolute atomic E-state index is 0.172. The molecule has 2 heteroatoms. The van der Waals surface area contributed by atoms with Gasteiger partial charge in [-0.2, -0.15) is 0 Å². The third-order valence-corrected chi connectivity index (χ3v) is 5.36. The van der Waals surface area contributed by atoms with Crippen LogP contribution in [-0.2, 0) is 0 Å². The van der Waals surface area contributed by atoms with Crippen LogP contribution in [0.3, 0.4) is 0 Å². The summed E-state index contributed by atoms with van der Waals surface area (Å²) in [5, 5.41) is 1.56. The first kappa shape index (κ1) is 10.9. The van der Waals surface area contributed by atoms with Gasteiger partial charge >= 0.3 is 0 Å². The number of aryl methyl sites for hydroxylation is 3. The Morgan fingerprint density at radius 1 is 1.00 bits per heavy atom. The topological polar surface area (TPSA) is 0 Å². The Kier molecular flexibility index (Phi) is 3.70. The predicted octanol–water partition coefficient (Wildman–Crippen LogP) is 3.43. The van der Waals surface area contributed by atoms with E-state index in [-0.39, 0.29) is 8.46 Å². The standard InChI is InChI=1S/C11H17PSi/c1-8-6-9(2)11(10(3)7-8)12-13(4)5/h6-7H,1-5H3/q-1. The third kappa shape index (κ3) is 2.93. The molecule has 0 bridgehead atoms. The lowest BCUT2D eigenvalue weighted by Gasteiger charge is -2.28. The fourth-order valence-electron chi connectivity index (χ4n) is 1.57. The molecule has 1 aromatic rings. The molecule has 0 saturated heterocycles. The molecule has 0 aliphatic carbocycles. The molecule has 0 nitrogen and oxygen atoms in total. The zero-order chi connectivity index (χ0) is 10.0. The molecule has 0 aromatic heterocycles. The highest BCUT2D eigenvalue weighted by Crippen LogP contribution is 2.20. The molecule has 0 N–H and O–H groups in total. The molecule has 0 fully saturated rings. The highest BCUT2D eigenvalue weighted by Gasteiger charge is 1.94. The van der Waals surface area contributed by atoms with Crippen molar-refractivity contribution in [2.75, 3.05) is 0 Å². The summed E-state index contributed by atoms with van der Waals surface area (Å²) in [5.74, 6) is 0. The van der Waals surface area contributed by atoms with Crippen LogP contribution in [0.2, 0.25) is 13.1 Å². The zero-order valence-corrected chi connectivity index (χ0v) is 11.0. The van der Waals surface area contributed by atoms with E-state index in [2.05, 4.69) is 46.0 Å². The van der Waals surface area contributed by atoms with Crippen LogP contribution in [0.15, 0.2) is 12.1 Å². The smallest absolute Gasteiger partial charge is 0.0398 e. The Morgan fingerprint density at radius 3 is 1.85 bits per heavy atom. The lowest BCUT2D eigenvalue weighted by atomic mass is 10.1. The average molecular weight is 208 g/mol. The predicted molar refractivity (Wildman–Crippen MR) is 64.7 cm³/mol. The zero-order valence-electron chi connectivity index (χ0n) is 9.10. The lowest BCUT2D eigenvalue weighted by Crippen LogP contribution is -2.10. The summed E-state index contributed by atoms with van der Waals surface area (Å²) in [6.45, 7) is 11.4. The first-order valence-electron chi connectivity index (χ1n) is 4.60. The van der Waals surface area contributed by atoms with Gasteiger partial charge in [-0.05, 0) is 20.8 Å². The molecule has 0 unspecified atom stereocenters. The molecule has 13 heavy (non-hydrogen) atoms. The summed E-state index contributed by atoms with van der Waals surface area (Å²) in [4.78, 5) is 0. The van der Waals surface area contributed by atoms with E-state index in [1.165, 1.54) is 16.7 Å². The first-order valence-corrected chi connectivity index (χ1v) is 8.84. The van der Waals surface area contributed by atoms with E-state index in [0.29, 0.717) is 0 Å². The van der Waals surface area contributed by atoms with Crippen molar-refractivity contribution in [3.63, 3.8) is 0 Å². The number of hydrogen-bond acceptors (Lipinski definition) is 0. The summed E-state index contributed by atoms with van der Waals surface area (Å²) in [6, 6.07) is 4.58. The molecule has 0 aliphatic rings. The second-order valence-corrected chi connectivity index (χ2v) is 9.73. The highest BCUT2D eigenvalue weighted by atomic mass is 31.3.